The van der Waals surface area contributed by atoms with Crippen LogP contribution in [0.5, 0.6) is 0 Å². The third-order valence-electron chi connectivity index (χ3n) is 6.28. The van der Waals surface area contributed by atoms with Crippen LogP contribution in [-0.2, 0) is 20.9 Å². The van der Waals surface area contributed by atoms with Gasteiger partial charge in [0.25, 0.3) is 5.91 Å². The molecule has 2 fully saturated rings. The van der Waals surface area contributed by atoms with E-state index in [-0.39, 0.29) is 49.1 Å². The Kier molecular flexibility index (Phi) is 5.43. The Morgan fingerprint density at radius 2 is 1.91 bits per heavy atom. The third kappa shape index (κ3) is 3.60. The molecule has 2 aliphatic rings. The minimum atomic E-state index is -1.27. The lowest BCUT2D eigenvalue weighted by Crippen LogP contribution is -2.69. The molecule has 0 saturated carbocycles. The van der Waals surface area contributed by atoms with Gasteiger partial charge in [-0.1, -0.05) is 29.8 Å². The largest absolute Gasteiger partial charge is 0.340 e. The normalized spacial score (nSPS) is 20.8. The van der Waals surface area contributed by atoms with Crippen LogP contribution in [0.1, 0.15) is 30.0 Å². The maximum Gasteiger partial charge on any atom is 0.255 e. The highest BCUT2D eigenvalue weighted by Crippen LogP contribution is 2.37. The fraction of sp³-hybridized carbons (Fsp3) is 0.333. The van der Waals surface area contributed by atoms with Crippen LogP contribution < -0.4 is 4.90 Å². The Balaban J connectivity index is 1.74. The standard InChI is InChI=1S/C24H23FN4O3/c1-16-3-5-18(6-4-16)13-29-22(31)14-28(21-8-7-19(12-26)11-20(21)25)23(32)24(29)9-10-27(15-24)17(2)30/h3-8,11H,9-10,13-15H2,1-2H3. The lowest BCUT2D eigenvalue weighted by Gasteiger charge is -2.47. The van der Waals surface area contributed by atoms with E-state index in [4.69, 9.17) is 5.26 Å². The van der Waals surface area contributed by atoms with E-state index in [0.717, 1.165) is 22.1 Å². The number of nitrogens with zero attached hydrogens (tertiary/aromatic N) is 4. The number of carbonyl (C=O) groups is 3. The van der Waals surface area contributed by atoms with Crippen molar-refractivity contribution in [3.63, 3.8) is 0 Å². The Hall–Kier alpha value is -3.73. The van der Waals surface area contributed by atoms with E-state index < -0.39 is 17.3 Å². The van der Waals surface area contributed by atoms with Gasteiger partial charge in [-0.25, -0.2) is 4.39 Å². The monoisotopic (exact) mass is 434 g/mol. The van der Waals surface area contributed by atoms with E-state index in [2.05, 4.69) is 0 Å². The van der Waals surface area contributed by atoms with Crippen molar-refractivity contribution in [3.8, 4) is 6.07 Å². The van der Waals surface area contributed by atoms with Gasteiger partial charge in [0.05, 0.1) is 23.9 Å². The second-order valence-electron chi connectivity index (χ2n) is 8.36. The molecule has 2 aromatic rings. The van der Waals surface area contributed by atoms with Gasteiger partial charge < -0.3 is 9.80 Å². The van der Waals surface area contributed by atoms with Crippen molar-refractivity contribution in [2.45, 2.75) is 32.4 Å². The second kappa shape index (κ2) is 8.08. The van der Waals surface area contributed by atoms with Gasteiger partial charge in [0.2, 0.25) is 11.8 Å². The zero-order valence-corrected chi connectivity index (χ0v) is 18.0. The summed E-state index contributed by atoms with van der Waals surface area (Å²) in [6, 6.07) is 13.4. The van der Waals surface area contributed by atoms with Gasteiger partial charge in [-0.15, -0.1) is 0 Å². The number of anilines is 1. The minimum Gasteiger partial charge on any atom is -0.340 e. The summed E-state index contributed by atoms with van der Waals surface area (Å²) in [4.78, 5) is 43.4. The summed E-state index contributed by atoms with van der Waals surface area (Å²) in [7, 11) is 0. The maximum atomic E-state index is 14.7. The van der Waals surface area contributed by atoms with Crippen molar-refractivity contribution in [2.75, 3.05) is 24.5 Å². The molecule has 2 aromatic carbocycles. The lowest BCUT2D eigenvalue weighted by molar-refractivity contribution is -0.151. The summed E-state index contributed by atoms with van der Waals surface area (Å²) in [6.07, 6.45) is 0.275. The zero-order chi connectivity index (χ0) is 23.0. The van der Waals surface area contributed by atoms with Crippen molar-refractivity contribution in [1.82, 2.24) is 9.80 Å². The predicted octanol–water partition coefficient (Wildman–Crippen LogP) is 2.37. The molecule has 1 atom stereocenters. The van der Waals surface area contributed by atoms with Gasteiger partial charge in [-0.2, -0.15) is 5.26 Å². The topological polar surface area (TPSA) is 84.7 Å². The molecule has 0 N–H and O–H groups in total. The van der Waals surface area contributed by atoms with Crippen molar-refractivity contribution >= 4 is 23.4 Å². The highest BCUT2D eigenvalue weighted by molar-refractivity contribution is 6.10. The molecule has 164 valence electrons. The van der Waals surface area contributed by atoms with Crippen LogP contribution in [-0.4, -0.2) is 52.7 Å². The SMILES string of the molecule is CC(=O)N1CCC2(C1)C(=O)N(c1ccc(C#N)cc1F)CC(=O)N2Cc1ccc(C)cc1. The molecule has 0 radical (unpaired) electrons. The molecule has 2 aliphatic heterocycles. The Bertz CT molecular complexity index is 1140. The minimum absolute atomic E-state index is 0.0435. The van der Waals surface area contributed by atoms with Crippen molar-refractivity contribution in [1.29, 1.82) is 5.26 Å². The number of piperazine rings is 1. The van der Waals surface area contributed by atoms with Crippen molar-refractivity contribution < 1.29 is 18.8 Å². The maximum absolute atomic E-state index is 14.7. The Morgan fingerprint density at radius 3 is 2.50 bits per heavy atom. The van der Waals surface area contributed by atoms with Crippen LogP contribution in [0, 0.1) is 24.1 Å². The summed E-state index contributed by atoms with van der Waals surface area (Å²) in [5, 5.41) is 9.00. The molecule has 0 bridgehead atoms. The highest BCUT2D eigenvalue weighted by Gasteiger charge is 2.56. The summed E-state index contributed by atoms with van der Waals surface area (Å²) < 4.78 is 14.7. The Morgan fingerprint density at radius 1 is 1.19 bits per heavy atom. The van der Waals surface area contributed by atoms with Crippen molar-refractivity contribution in [3.05, 3.63) is 65.0 Å². The summed E-state index contributed by atoms with van der Waals surface area (Å²) in [5.41, 5.74) is 0.761. The molecule has 1 spiro atoms. The summed E-state index contributed by atoms with van der Waals surface area (Å²) in [5.74, 6) is -1.66. The van der Waals surface area contributed by atoms with E-state index >= 15 is 0 Å². The predicted molar refractivity (Wildman–Crippen MR) is 115 cm³/mol. The highest BCUT2D eigenvalue weighted by atomic mass is 19.1. The van der Waals surface area contributed by atoms with Crippen LogP contribution in [0.4, 0.5) is 10.1 Å². The molecule has 0 aromatic heterocycles. The third-order valence-corrected chi connectivity index (χ3v) is 6.28. The fourth-order valence-corrected chi connectivity index (χ4v) is 4.46. The quantitative estimate of drug-likeness (QED) is 0.743. The smallest absolute Gasteiger partial charge is 0.255 e. The van der Waals surface area contributed by atoms with Gasteiger partial charge in [0, 0.05) is 20.0 Å². The molecular formula is C24H23FN4O3. The van der Waals surface area contributed by atoms with Crippen LogP contribution >= 0.6 is 0 Å². The first-order valence-electron chi connectivity index (χ1n) is 10.4. The van der Waals surface area contributed by atoms with E-state index in [1.54, 1.807) is 9.80 Å². The lowest BCUT2D eigenvalue weighted by atomic mass is 9.89. The second-order valence-corrected chi connectivity index (χ2v) is 8.36. The van der Waals surface area contributed by atoms with Crippen molar-refractivity contribution in [2.24, 2.45) is 0 Å². The molecule has 32 heavy (non-hydrogen) atoms. The van der Waals surface area contributed by atoms with Gasteiger partial charge in [-0.05, 0) is 37.1 Å². The molecule has 7 nitrogen and oxygen atoms in total. The van der Waals surface area contributed by atoms with Crippen LogP contribution in [0.3, 0.4) is 0 Å². The van der Waals surface area contributed by atoms with E-state index in [0.29, 0.717) is 6.54 Å². The first kappa shape index (κ1) is 21.5. The van der Waals surface area contributed by atoms with Crippen LogP contribution in [0.15, 0.2) is 42.5 Å². The summed E-state index contributed by atoms with van der Waals surface area (Å²) in [6.45, 7) is 3.70. The first-order valence-corrected chi connectivity index (χ1v) is 10.4. The van der Waals surface area contributed by atoms with E-state index in [1.165, 1.54) is 19.1 Å². The first-order chi connectivity index (χ1) is 15.2. The van der Waals surface area contributed by atoms with Crippen LogP contribution in [0.25, 0.3) is 0 Å². The van der Waals surface area contributed by atoms with Gasteiger partial charge >= 0.3 is 0 Å². The Labute approximate surface area is 185 Å². The molecular weight excluding hydrogens is 411 g/mol. The van der Waals surface area contributed by atoms with E-state index in [9.17, 15) is 18.8 Å². The molecule has 2 saturated heterocycles. The average Bonchev–Trinajstić information content (AvgIpc) is 3.22. The molecule has 2 heterocycles. The summed E-state index contributed by atoms with van der Waals surface area (Å²) >= 11 is 0. The van der Waals surface area contributed by atoms with Gasteiger partial charge in [0.1, 0.15) is 17.9 Å². The molecule has 1 unspecified atom stereocenters. The average molecular weight is 434 g/mol. The molecule has 0 aliphatic carbocycles. The fourth-order valence-electron chi connectivity index (χ4n) is 4.46. The van der Waals surface area contributed by atoms with Gasteiger partial charge in [-0.3, -0.25) is 19.3 Å². The molecule has 8 heteroatoms. The molecule has 3 amide bonds. The number of halogens is 1. The molecule has 4 rings (SSSR count). The number of carbonyl (C=O) groups excluding carboxylic acids is 3. The number of benzene rings is 2. The zero-order valence-electron chi connectivity index (χ0n) is 18.0. The number of likely N-dealkylation sites (tertiary alicyclic amines) is 1. The van der Waals surface area contributed by atoms with Gasteiger partial charge in [0.15, 0.2) is 0 Å². The van der Waals surface area contributed by atoms with Crippen LogP contribution in [0.2, 0.25) is 0 Å². The number of rotatable bonds is 3. The number of hydrogen-bond acceptors (Lipinski definition) is 4. The number of amides is 3. The number of hydrogen-bond donors (Lipinski definition) is 0. The number of aryl methyl sites for hydroxylation is 1. The van der Waals surface area contributed by atoms with E-state index in [1.807, 2.05) is 37.3 Å². The number of nitriles is 1.